The third-order valence-corrected chi connectivity index (χ3v) is 13.8. The maximum atomic E-state index is 12.5. The Balaban J connectivity index is 0.000000266. The number of allylic oxidation sites excluding steroid dienone is 1. The van der Waals surface area contributed by atoms with E-state index in [1.54, 1.807) is 36.4 Å². The molecule has 3 unspecified atom stereocenters. The van der Waals surface area contributed by atoms with Gasteiger partial charge in [0, 0.05) is 36.4 Å². The number of H-pyrrole nitrogens is 1. The molecule has 80 heavy (non-hydrogen) atoms. The van der Waals surface area contributed by atoms with Crippen LogP contribution in [0.4, 0.5) is 11.4 Å². The van der Waals surface area contributed by atoms with E-state index in [9.17, 15) is 47.9 Å². The van der Waals surface area contributed by atoms with Gasteiger partial charge in [-0.2, -0.15) is 4.68 Å². The molecule has 3 aliphatic heterocycles. The van der Waals surface area contributed by atoms with E-state index >= 15 is 0 Å². The van der Waals surface area contributed by atoms with Gasteiger partial charge in [0.15, 0.2) is 0 Å². The summed E-state index contributed by atoms with van der Waals surface area (Å²) in [6, 6.07) is 12.0. The zero-order chi connectivity index (χ0) is 59.2. The van der Waals surface area contributed by atoms with Gasteiger partial charge in [-0.15, -0.1) is 10.4 Å². The van der Waals surface area contributed by atoms with Crippen LogP contribution in [-0.4, -0.2) is 78.6 Å². The molecule has 2 aromatic heterocycles. The monoisotopic (exact) mass is 1370 g/mol. The molecule has 4 aromatic carbocycles. The van der Waals surface area contributed by atoms with Gasteiger partial charge in [0.1, 0.15) is 17.6 Å². The van der Waals surface area contributed by atoms with E-state index in [2.05, 4.69) is 111 Å². The van der Waals surface area contributed by atoms with Crippen molar-refractivity contribution in [3.05, 3.63) is 154 Å². The SMILES string of the molecule is C=C1CCC(N)C(=O)N1.Cc1cc(Br)c(N)c(C(=O)NC2CCC(=O)NC2=O)c1.Cc1cc(Br)c(N)c(C(=O)O)c1.Cc1cc(Br)c2[nH]c(=O)oc(=O)c2c1.Cc1cc(Br)c2nnn(C3CCC(=O)NC3=O)c(=O)c2c1.O=N[O-].[Na+]. The Morgan fingerprint density at radius 2 is 1.23 bits per heavy atom. The molecule has 26 nitrogen and oxygen atoms in total. The maximum absolute atomic E-state index is 12.5. The molecule has 3 saturated heterocycles. The minimum absolute atomic E-state index is 0. The molecule has 0 spiro atoms. The summed E-state index contributed by atoms with van der Waals surface area (Å²) in [5.74, 6) is -3.94. The first kappa shape index (κ1) is 67.5. The van der Waals surface area contributed by atoms with Gasteiger partial charge in [0.05, 0.1) is 44.8 Å². The number of aromatic nitrogens is 4. The van der Waals surface area contributed by atoms with Gasteiger partial charge in [-0.3, -0.25) is 49.2 Å². The molecular formula is C49H49Br4N12NaO14. The third-order valence-electron chi connectivity index (χ3n) is 11.2. The number of halogens is 4. The second-order valence-electron chi connectivity index (χ2n) is 17.4. The minimum atomic E-state index is -1.00. The molecule has 31 heteroatoms. The number of rotatable bonds is 4. The number of benzene rings is 4. The number of carbonyl (C=O) groups is 7. The van der Waals surface area contributed by atoms with Crippen LogP contribution in [0.5, 0.6) is 0 Å². The van der Waals surface area contributed by atoms with Crippen LogP contribution in [0.2, 0.25) is 0 Å². The second kappa shape index (κ2) is 30.7. The zero-order valence-corrected chi connectivity index (χ0v) is 51.4. The Labute approximate surface area is 508 Å². The summed E-state index contributed by atoms with van der Waals surface area (Å²) in [5, 5.41) is 35.9. The normalized spacial score (nSPS) is 16.2. The fourth-order valence-corrected chi connectivity index (χ4v) is 9.88. The molecular weight excluding hydrogens is 1320 g/mol. The number of nitrogen functional groups attached to an aromatic ring is 2. The average Bonchev–Trinajstić information content (AvgIpc) is 3.35. The number of nitrogens with zero attached hydrogens (tertiary/aromatic N) is 4. The number of carboxylic acids is 1. The van der Waals surface area contributed by atoms with E-state index in [0.29, 0.717) is 57.4 Å². The molecule has 5 heterocycles. The predicted octanol–water partition coefficient (Wildman–Crippen LogP) is 2.30. The standard InChI is InChI=1S/C13H11BrN4O3.C13H14BrN3O3.C9H6BrNO3.C8H8BrNO2.C6H10N2O.HNO2.Na/c1-6-4-7-11(8(14)5-6)16-17-18(13(7)21)9-2-3-10(19)15-12(9)20;1-6-4-7(11(15)8(14)5-6)12(19)16-9-2-3-10(18)17-13(9)20;1-4-2-5-7(6(10)3-4)11-9(13)14-8(5)12;1-4-2-5(8(11)12)7(10)6(9)3-4;1-4-2-3-5(7)6(9)8-4;2-1-3;/h4-5,9H,2-3H2,1H3,(H,15,19,20);4-5,9H,2-3,15H2,1H3,(H,16,19)(H,17,18,20);2-3H,1H3,(H,11,13);2-3H,10H2,1H3,(H,11,12);5H,1-3,7H2,(H,8,9);(H,2,3);/q;;;;;;+1/p-1. The Hall–Kier alpha value is -6.80. The minimum Gasteiger partial charge on any atom is -0.478 e. The number of carbonyl (C=O) groups excluding carboxylic acids is 6. The number of nitrogens with one attached hydrogen (secondary N) is 5. The number of piperidine rings is 3. The van der Waals surface area contributed by atoms with Crippen LogP contribution in [0.3, 0.4) is 0 Å². The topological polar surface area (TPSA) is 429 Å². The summed E-state index contributed by atoms with van der Waals surface area (Å²) in [6.07, 6.45) is 2.47. The summed E-state index contributed by atoms with van der Waals surface area (Å²) in [5.41, 5.74) is 22.1. The molecule has 12 N–H and O–H groups in total. The van der Waals surface area contributed by atoms with E-state index in [1.807, 2.05) is 39.8 Å². The van der Waals surface area contributed by atoms with E-state index in [0.717, 1.165) is 50.8 Å². The number of amides is 6. The van der Waals surface area contributed by atoms with E-state index < -0.39 is 47.2 Å². The molecule has 0 aliphatic carbocycles. The first-order valence-corrected chi connectivity index (χ1v) is 26.1. The predicted molar refractivity (Wildman–Crippen MR) is 304 cm³/mol. The third kappa shape index (κ3) is 18.6. The van der Waals surface area contributed by atoms with Crippen molar-refractivity contribution in [2.75, 3.05) is 11.5 Å². The van der Waals surface area contributed by atoms with E-state index in [-0.39, 0.29) is 89.4 Å². The van der Waals surface area contributed by atoms with Crippen molar-refractivity contribution in [1.82, 2.24) is 41.2 Å². The molecule has 6 aromatic rings. The van der Waals surface area contributed by atoms with Crippen LogP contribution >= 0.6 is 63.7 Å². The zero-order valence-electron chi connectivity index (χ0n) is 43.1. The number of carboxylic acid groups (broad SMARTS) is 1. The first-order chi connectivity index (χ1) is 37.1. The van der Waals surface area contributed by atoms with Gasteiger partial charge in [0.2, 0.25) is 23.6 Å². The maximum Gasteiger partial charge on any atom is 1.00 e. The van der Waals surface area contributed by atoms with Crippen LogP contribution < -0.4 is 85.0 Å². The van der Waals surface area contributed by atoms with Gasteiger partial charge >= 0.3 is 46.9 Å². The number of fused-ring (bicyclic) bond motifs is 2. The van der Waals surface area contributed by atoms with Crippen LogP contribution in [0, 0.1) is 37.8 Å². The molecule has 0 bridgehead atoms. The molecule has 3 aliphatic rings. The van der Waals surface area contributed by atoms with Crippen molar-refractivity contribution in [2.45, 2.75) is 84.3 Å². The second-order valence-corrected chi connectivity index (χ2v) is 20.8. The van der Waals surface area contributed by atoms with Crippen LogP contribution in [0.1, 0.15) is 87.5 Å². The van der Waals surface area contributed by atoms with Crippen molar-refractivity contribution < 1.29 is 72.6 Å². The Bertz CT molecular complexity index is 3610. The quantitative estimate of drug-likeness (QED) is 0.0402. The van der Waals surface area contributed by atoms with Crippen molar-refractivity contribution in [3.63, 3.8) is 0 Å². The Morgan fingerprint density at radius 1 is 0.725 bits per heavy atom. The van der Waals surface area contributed by atoms with Crippen LogP contribution in [-0.2, 0) is 24.0 Å². The molecule has 3 atom stereocenters. The van der Waals surface area contributed by atoms with Gasteiger partial charge < -0.3 is 47.5 Å². The number of nitrogens with two attached hydrogens (primary N) is 3. The number of aromatic carboxylic acids is 1. The Kier molecular flexibility index (Phi) is 25.9. The summed E-state index contributed by atoms with van der Waals surface area (Å²) in [7, 11) is 0. The smallest absolute Gasteiger partial charge is 0.478 e. The van der Waals surface area contributed by atoms with E-state index in [4.69, 9.17) is 32.4 Å². The number of aryl methyl sites for hydroxylation is 4. The fourth-order valence-electron chi connectivity index (χ4n) is 7.40. The molecule has 3 fully saturated rings. The first-order valence-electron chi connectivity index (χ1n) is 23.0. The summed E-state index contributed by atoms with van der Waals surface area (Å²) < 4.78 is 8.08. The summed E-state index contributed by atoms with van der Waals surface area (Å²) in [6.45, 7) is 11.0. The van der Waals surface area contributed by atoms with Crippen molar-refractivity contribution >= 4 is 138 Å². The number of aromatic amines is 1. The summed E-state index contributed by atoms with van der Waals surface area (Å²) >= 11 is 13.1. The molecule has 418 valence electrons. The number of anilines is 2. The van der Waals surface area contributed by atoms with Gasteiger partial charge in [-0.25, -0.2) is 14.4 Å². The summed E-state index contributed by atoms with van der Waals surface area (Å²) in [4.78, 5) is 124. The number of hydrogen-bond donors (Lipinski definition) is 9. The molecule has 6 amide bonds. The molecule has 0 saturated carbocycles. The van der Waals surface area contributed by atoms with E-state index in [1.165, 1.54) is 0 Å². The molecule has 9 rings (SSSR count). The Morgan fingerprint density at radius 3 is 1.76 bits per heavy atom. The number of imide groups is 2. The largest absolute Gasteiger partial charge is 1.00 e. The van der Waals surface area contributed by atoms with Crippen molar-refractivity contribution in [2.24, 2.45) is 11.1 Å². The van der Waals surface area contributed by atoms with Crippen LogP contribution in [0.15, 0.2) is 103 Å². The van der Waals surface area contributed by atoms with Crippen LogP contribution in [0.25, 0.3) is 21.8 Å². The molecule has 0 radical (unpaired) electrons. The van der Waals surface area contributed by atoms with Crippen molar-refractivity contribution in [1.29, 1.82) is 0 Å². The van der Waals surface area contributed by atoms with Gasteiger partial charge in [-0.05, 0) is 188 Å². The number of hydrogen-bond acceptors (Lipinski definition) is 19. The van der Waals surface area contributed by atoms with Crippen molar-refractivity contribution in [3.8, 4) is 0 Å². The van der Waals surface area contributed by atoms with Gasteiger partial charge in [0.25, 0.3) is 17.4 Å². The van der Waals surface area contributed by atoms with Gasteiger partial charge in [-0.1, -0.05) is 11.8 Å². The average molecular weight is 1370 g/mol. The fraction of sp³-hybridized carbons (Fsp3) is 0.265.